The number of aryl methyl sites for hydroxylation is 1. The molecule has 1 aromatic carbocycles. The number of hydrogen-bond acceptors (Lipinski definition) is 4. The Bertz CT molecular complexity index is 649. The standard InChI is InChI=1S/C12H14Br2N2O3S/c1-8-6-11(14)12(7-10(8)13)20(18,19)16-4-2-9(15-17)3-5-16/h6-7,17H,2-5H2,1H3. The molecule has 0 unspecified atom stereocenters. The van der Waals surface area contributed by atoms with E-state index in [1.165, 1.54) is 4.31 Å². The summed E-state index contributed by atoms with van der Waals surface area (Å²) in [6, 6.07) is 3.39. The Hall–Kier alpha value is -0.440. The van der Waals surface area contributed by atoms with Gasteiger partial charge in [0.2, 0.25) is 10.0 Å². The van der Waals surface area contributed by atoms with E-state index in [2.05, 4.69) is 37.0 Å². The molecule has 1 saturated heterocycles. The van der Waals surface area contributed by atoms with Gasteiger partial charge in [0, 0.05) is 34.9 Å². The van der Waals surface area contributed by atoms with Gasteiger partial charge in [-0.25, -0.2) is 8.42 Å². The smallest absolute Gasteiger partial charge is 0.244 e. The summed E-state index contributed by atoms with van der Waals surface area (Å²) in [5, 5.41) is 11.9. The quantitative estimate of drug-likeness (QED) is 0.584. The molecule has 0 spiro atoms. The van der Waals surface area contributed by atoms with E-state index in [1.54, 1.807) is 12.1 Å². The molecule has 0 aromatic heterocycles. The SMILES string of the molecule is Cc1cc(Br)c(S(=O)(=O)N2CCC(=NO)CC2)cc1Br. The average Bonchev–Trinajstić information content (AvgIpc) is 2.42. The highest BCUT2D eigenvalue weighted by Gasteiger charge is 2.30. The molecule has 110 valence electrons. The topological polar surface area (TPSA) is 70.0 Å². The van der Waals surface area contributed by atoms with Crippen LogP contribution in [0.5, 0.6) is 0 Å². The Kier molecular flexibility index (Phi) is 4.88. The van der Waals surface area contributed by atoms with E-state index < -0.39 is 10.0 Å². The lowest BCUT2D eigenvalue weighted by molar-refractivity contribution is 0.309. The molecular weight excluding hydrogens is 412 g/mol. The molecular formula is C12H14Br2N2O3S. The number of benzene rings is 1. The van der Waals surface area contributed by atoms with Gasteiger partial charge in [-0.05, 0) is 40.5 Å². The molecule has 0 atom stereocenters. The molecule has 0 amide bonds. The maximum Gasteiger partial charge on any atom is 0.244 e. The number of rotatable bonds is 2. The third-order valence-corrected chi connectivity index (χ3v) is 6.98. The van der Waals surface area contributed by atoms with Gasteiger partial charge >= 0.3 is 0 Å². The molecule has 0 radical (unpaired) electrons. The molecule has 1 aromatic rings. The van der Waals surface area contributed by atoms with Gasteiger partial charge < -0.3 is 5.21 Å². The first-order valence-corrected chi connectivity index (χ1v) is 9.04. The highest BCUT2D eigenvalue weighted by atomic mass is 79.9. The van der Waals surface area contributed by atoms with Crippen molar-refractivity contribution in [3.05, 3.63) is 26.6 Å². The second-order valence-electron chi connectivity index (χ2n) is 4.60. The fourth-order valence-electron chi connectivity index (χ4n) is 2.05. The van der Waals surface area contributed by atoms with Crippen molar-refractivity contribution in [1.29, 1.82) is 0 Å². The van der Waals surface area contributed by atoms with Gasteiger partial charge in [-0.15, -0.1) is 0 Å². The Morgan fingerprint density at radius 2 is 1.80 bits per heavy atom. The summed E-state index contributed by atoms with van der Waals surface area (Å²) < 4.78 is 28.0. The summed E-state index contributed by atoms with van der Waals surface area (Å²) in [4.78, 5) is 0.249. The maximum absolute atomic E-state index is 12.6. The van der Waals surface area contributed by atoms with Crippen LogP contribution in [0, 0.1) is 6.92 Å². The number of sulfonamides is 1. The van der Waals surface area contributed by atoms with E-state index in [9.17, 15) is 8.42 Å². The van der Waals surface area contributed by atoms with Gasteiger partial charge in [0.15, 0.2) is 0 Å². The van der Waals surface area contributed by atoms with Crippen LogP contribution in [-0.2, 0) is 10.0 Å². The second-order valence-corrected chi connectivity index (χ2v) is 8.22. The molecule has 1 aliphatic heterocycles. The monoisotopic (exact) mass is 424 g/mol. The number of hydrogen-bond donors (Lipinski definition) is 1. The first kappa shape index (κ1) is 15.9. The van der Waals surface area contributed by atoms with Crippen molar-refractivity contribution in [2.45, 2.75) is 24.7 Å². The summed E-state index contributed by atoms with van der Waals surface area (Å²) in [5.74, 6) is 0. The molecule has 1 N–H and O–H groups in total. The zero-order valence-electron chi connectivity index (χ0n) is 10.8. The predicted molar refractivity (Wildman–Crippen MR) is 83.8 cm³/mol. The molecule has 1 aliphatic rings. The van der Waals surface area contributed by atoms with E-state index in [-0.39, 0.29) is 4.90 Å². The van der Waals surface area contributed by atoms with Crippen LogP contribution in [0.4, 0.5) is 0 Å². The molecule has 0 aliphatic carbocycles. The van der Waals surface area contributed by atoms with Crippen LogP contribution >= 0.6 is 31.9 Å². The number of oxime groups is 1. The minimum absolute atomic E-state index is 0.249. The molecule has 5 nitrogen and oxygen atoms in total. The van der Waals surface area contributed by atoms with E-state index in [4.69, 9.17) is 5.21 Å². The van der Waals surface area contributed by atoms with Crippen LogP contribution in [0.2, 0.25) is 0 Å². The van der Waals surface area contributed by atoms with E-state index in [1.807, 2.05) is 6.92 Å². The van der Waals surface area contributed by atoms with Crippen molar-refractivity contribution in [2.24, 2.45) is 5.16 Å². The van der Waals surface area contributed by atoms with Crippen molar-refractivity contribution in [3.8, 4) is 0 Å². The predicted octanol–water partition coefficient (Wildman–Crippen LogP) is 3.13. The Morgan fingerprint density at radius 1 is 1.20 bits per heavy atom. The van der Waals surface area contributed by atoms with E-state index >= 15 is 0 Å². The van der Waals surface area contributed by atoms with Crippen LogP contribution in [0.1, 0.15) is 18.4 Å². The van der Waals surface area contributed by atoms with Crippen LogP contribution < -0.4 is 0 Å². The third-order valence-electron chi connectivity index (χ3n) is 3.27. The Balaban J connectivity index is 2.34. The first-order valence-electron chi connectivity index (χ1n) is 6.02. The Labute approximate surface area is 135 Å². The fraction of sp³-hybridized carbons (Fsp3) is 0.417. The lowest BCUT2D eigenvalue weighted by Gasteiger charge is -2.27. The van der Waals surface area contributed by atoms with Crippen LogP contribution in [-0.4, -0.2) is 36.7 Å². The minimum atomic E-state index is -3.54. The zero-order valence-corrected chi connectivity index (χ0v) is 14.8. The third kappa shape index (κ3) is 3.08. The summed E-state index contributed by atoms with van der Waals surface area (Å²) in [5.41, 5.74) is 1.60. The van der Waals surface area contributed by atoms with E-state index in [0.29, 0.717) is 36.1 Å². The average molecular weight is 426 g/mol. The van der Waals surface area contributed by atoms with Crippen LogP contribution in [0.15, 0.2) is 31.1 Å². The van der Waals surface area contributed by atoms with Gasteiger partial charge in [0.05, 0.1) is 10.6 Å². The number of halogens is 2. The second kappa shape index (κ2) is 6.13. The van der Waals surface area contributed by atoms with Crippen molar-refractivity contribution < 1.29 is 13.6 Å². The highest BCUT2D eigenvalue weighted by Crippen LogP contribution is 2.31. The summed E-state index contributed by atoms with van der Waals surface area (Å²) >= 11 is 6.68. The van der Waals surface area contributed by atoms with Gasteiger partial charge in [-0.1, -0.05) is 21.1 Å². The molecule has 8 heteroatoms. The lowest BCUT2D eigenvalue weighted by Crippen LogP contribution is -2.38. The maximum atomic E-state index is 12.6. The van der Waals surface area contributed by atoms with E-state index in [0.717, 1.165) is 10.0 Å². The minimum Gasteiger partial charge on any atom is -0.411 e. The zero-order chi connectivity index (χ0) is 14.9. The van der Waals surface area contributed by atoms with Gasteiger partial charge in [-0.3, -0.25) is 0 Å². The summed E-state index contributed by atoms with van der Waals surface area (Å²) in [6.45, 7) is 2.56. The van der Waals surface area contributed by atoms with Crippen LogP contribution in [0.25, 0.3) is 0 Å². The number of piperidine rings is 1. The van der Waals surface area contributed by atoms with Crippen molar-refractivity contribution in [3.63, 3.8) is 0 Å². The normalized spacial score (nSPS) is 17.2. The Morgan fingerprint density at radius 3 is 2.35 bits per heavy atom. The summed E-state index contributed by atoms with van der Waals surface area (Å²) in [6.07, 6.45) is 0.917. The van der Waals surface area contributed by atoms with Gasteiger partial charge in [0.1, 0.15) is 0 Å². The van der Waals surface area contributed by atoms with Crippen molar-refractivity contribution in [2.75, 3.05) is 13.1 Å². The molecule has 0 bridgehead atoms. The molecule has 0 saturated carbocycles. The molecule has 1 fully saturated rings. The lowest BCUT2D eigenvalue weighted by atomic mass is 10.1. The van der Waals surface area contributed by atoms with Crippen LogP contribution in [0.3, 0.4) is 0 Å². The molecule has 2 rings (SSSR count). The van der Waals surface area contributed by atoms with Crippen molar-refractivity contribution in [1.82, 2.24) is 4.31 Å². The van der Waals surface area contributed by atoms with Crippen molar-refractivity contribution >= 4 is 47.6 Å². The fourth-order valence-corrected chi connectivity index (χ4v) is 5.13. The molecule has 20 heavy (non-hydrogen) atoms. The summed E-state index contributed by atoms with van der Waals surface area (Å²) in [7, 11) is -3.54. The van der Waals surface area contributed by atoms with Gasteiger partial charge in [-0.2, -0.15) is 4.31 Å². The van der Waals surface area contributed by atoms with Gasteiger partial charge in [0.25, 0.3) is 0 Å². The molecule has 1 heterocycles. The highest BCUT2D eigenvalue weighted by molar-refractivity contribution is 9.11. The first-order chi connectivity index (χ1) is 9.36. The largest absolute Gasteiger partial charge is 0.411 e. The number of nitrogens with zero attached hydrogens (tertiary/aromatic N) is 2.